The van der Waals surface area contributed by atoms with Crippen LogP contribution in [0.5, 0.6) is 0 Å². The highest BCUT2D eigenvalue weighted by molar-refractivity contribution is 6.34. The Morgan fingerprint density at radius 1 is 1.38 bits per heavy atom. The number of hydrogen-bond donors (Lipinski definition) is 3. The van der Waals surface area contributed by atoms with Crippen molar-refractivity contribution >= 4 is 22.5 Å². The number of aromatic nitrogens is 3. The molecule has 0 fully saturated rings. The summed E-state index contributed by atoms with van der Waals surface area (Å²) in [7, 11) is 0. The summed E-state index contributed by atoms with van der Waals surface area (Å²) in [5, 5.41) is 4.58. The van der Waals surface area contributed by atoms with Crippen LogP contribution in [0.25, 0.3) is 22.2 Å². The van der Waals surface area contributed by atoms with E-state index < -0.39 is 6.67 Å². The lowest BCUT2D eigenvalue weighted by Crippen LogP contribution is -2.12. The normalized spacial score (nSPS) is 10.9. The van der Waals surface area contributed by atoms with Gasteiger partial charge in [0.2, 0.25) is 0 Å². The fourth-order valence-corrected chi connectivity index (χ4v) is 2.69. The molecule has 3 rings (SSSR count). The molecule has 24 heavy (non-hydrogen) atoms. The Morgan fingerprint density at radius 2 is 2.21 bits per heavy atom. The van der Waals surface area contributed by atoms with Crippen molar-refractivity contribution in [2.45, 2.75) is 13.0 Å². The summed E-state index contributed by atoms with van der Waals surface area (Å²) in [5.74, 6) is 0. The van der Waals surface area contributed by atoms with E-state index in [0.29, 0.717) is 29.4 Å². The lowest BCUT2D eigenvalue weighted by Gasteiger charge is -2.05. The third-order valence-corrected chi connectivity index (χ3v) is 3.95. The molecule has 0 aliphatic heterocycles. The number of H-pyrrole nitrogens is 2. The van der Waals surface area contributed by atoms with Gasteiger partial charge in [-0.2, -0.15) is 0 Å². The van der Waals surface area contributed by atoms with Gasteiger partial charge in [0.05, 0.1) is 30.1 Å². The lowest BCUT2D eigenvalue weighted by molar-refractivity contribution is 0.484. The third kappa shape index (κ3) is 3.49. The highest BCUT2D eigenvalue weighted by Gasteiger charge is 2.10. The molecular weight excluding hydrogens is 331 g/mol. The Morgan fingerprint density at radius 3 is 2.92 bits per heavy atom. The SMILES string of the molecule is C=C(CCF)NCc1cc2cc(Cl)c(-c3c[nH]c(=O)cn3)cc2[nH]1. The van der Waals surface area contributed by atoms with E-state index in [2.05, 4.69) is 26.8 Å². The third-order valence-electron chi connectivity index (χ3n) is 3.64. The first kappa shape index (κ1) is 16.3. The zero-order valence-electron chi connectivity index (χ0n) is 12.8. The maximum atomic E-state index is 12.3. The van der Waals surface area contributed by atoms with E-state index in [-0.39, 0.29) is 5.56 Å². The van der Waals surface area contributed by atoms with Crippen LogP contribution in [0, 0.1) is 0 Å². The monoisotopic (exact) mass is 346 g/mol. The first-order valence-electron chi connectivity index (χ1n) is 7.40. The molecule has 0 saturated heterocycles. The maximum absolute atomic E-state index is 12.3. The first-order valence-corrected chi connectivity index (χ1v) is 7.78. The minimum Gasteiger partial charge on any atom is -0.383 e. The van der Waals surface area contributed by atoms with Crippen LogP contribution in [0.2, 0.25) is 5.02 Å². The fraction of sp³-hybridized carbons (Fsp3) is 0.176. The van der Waals surface area contributed by atoms with Gasteiger partial charge in [-0.15, -0.1) is 0 Å². The van der Waals surface area contributed by atoms with Crippen molar-refractivity contribution in [1.29, 1.82) is 0 Å². The van der Waals surface area contributed by atoms with Gasteiger partial charge < -0.3 is 15.3 Å². The molecule has 3 aromatic rings. The van der Waals surface area contributed by atoms with Crippen LogP contribution in [0.4, 0.5) is 4.39 Å². The number of alkyl halides is 1. The van der Waals surface area contributed by atoms with Gasteiger partial charge in [0.1, 0.15) is 0 Å². The molecule has 2 heterocycles. The largest absolute Gasteiger partial charge is 0.383 e. The minimum absolute atomic E-state index is 0.266. The van der Waals surface area contributed by atoms with E-state index in [4.69, 9.17) is 11.6 Å². The van der Waals surface area contributed by atoms with E-state index in [1.54, 1.807) is 0 Å². The molecule has 0 unspecified atom stereocenters. The van der Waals surface area contributed by atoms with E-state index in [1.165, 1.54) is 12.4 Å². The summed E-state index contributed by atoms with van der Waals surface area (Å²) in [6, 6.07) is 5.70. The highest BCUT2D eigenvalue weighted by atomic mass is 35.5. The molecule has 0 bridgehead atoms. The number of nitrogens with one attached hydrogen (secondary N) is 3. The molecule has 0 amide bonds. The molecular formula is C17H16ClFN4O. The Kier molecular flexibility index (Phi) is 4.66. The van der Waals surface area contributed by atoms with Crippen molar-refractivity contribution in [1.82, 2.24) is 20.3 Å². The molecule has 0 radical (unpaired) electrons. The van der Waals surface area contributed by atoms with Gasteiger partial charge in [0, 0.05) is 40.5 Å². The molecule has 3 N–H and O–H groups in total. The van der Waals surface area contributed by atoms with Gasteiger partial charge in [0.15, 0.2) is 0 Å². The van der Waals surface area contributed by atoms with E-state index in [0.717, 1.165) is 22.2 Å². The molecule has 0 aliphatic rings. The first-order chi connectivity index (χ1) is 11.6. The Bertz CT molecular complexity index is 927. The maximum Gasteiger partial charge on any atom is 0.266 e. The van der Waals surface area contributed by atoms with Crippen molar-refractivity contribution in [3.63, 3.8) is 0 Å². The number of rotatable bonds is 6. The van der Waals surface area contributed by atoms with Gasteiger partial charge in [-0.3, -0.25) is 9.18 Å². The van der Waals surface area contributed by atoms with E-state index in [9.17, 15) is 9.18 Å². The second-order valence-electron chi connectivity index (χ2n) is 5.41. The average Bonchev–Trinajstić information content (AvgIpc) is 2.95. The summed E-state index contributed by atoms with van der Waals surface area (Å²) < 4.78 is 12.3. The Balaban J connectivity index is 1.89. The Hall–Kier alpha value is -2.60. The van der Waals surface area contributed by atoms with Gasteiger partial charge in [-0.1, -0.05) is 18.2 Å². The average molecular weight is 347 g/mol. The molecule has 0 spiro atoms. The molecule has 0 saturated carbocycles. The van der Waals surface area contributed by atoms with Gasteiger partial charge in [-0.05, 0) is 18.2 Å². The topological polar surface area (TPSA) is 73.6 Å². The van der Waals surface area contributed by atoms with Gasteiger partial charge in [0.25, 0.3) is 5.56 Å². The number of nitrogens with zero attached hydrogens (tertiary/aromatic N) is 1. The number of hydrogen-bond acceptors (Lipinski definition) is 3. The number of allylic oxidation sites excluding steroid dienone is 1. The molecule has 5 nitrogen and oxygen atoms in total. The van der Waals surface area contributed by atoms with Crippen LogP contribution < -0.4 is 10.9 Å². The predicted molar refractivity (Wildman–Crippen MR) is 93.7 cm³/mol. The van der Waals surface area contributed by atoms with Crippen LogP contribution >= 0.6 is 11.6 Å². The molecule has 7 heteroatoms. The zero-order valence-corrected chi connectivity index (χ0v) is 13.6. The molecule has 1 aromatic carbocycles. The van der Waals surface area contributed by atoms with Gasteiger partial charge >= 0.3 is 0 Å². The zero-order chi connectivity index (χ0) is 17.1. The quantitative estimate of drug-likeness (QED) is 0.639. The van der Waals surface area contributed by atoms with E-state index in [1.807, 2.05) is 18.2 Å². The molecule has 124 valence electrons. The number of halogens is 2. The van der Waals surface area contributed by atoms with Crippen molar-refractivity contribution in [3.05, 3.63) is 63.9 Å². The van der Waals surface area contributed by atoms with Crippen LogP contribution in [0.15, 0.2) is 47.7 Å². The second kappa shape index (κ2) is 6.88. The molecule has 0 atom stereocenters. The number of aromatic amines is 2. The summed E-state index contributed by atoms with van der Waals surface area (Å²) >= 11 is 6.34. The van der Waals surface area contributed by atoms with Crippen LogP contribution in [0.1, 0.15) is 12.1 Å². The van der Waals surface area contributed by atoms with E-state index >= 15 is 0 Å². The van der Waals surface area contributed by atoms with Crippen molar-refractivity contribution in [2.75, 3.05) is 6.67 Å². The number of benzene rings is 1. The minimum atomic E-state index is -0.427. The summed E-state index contributed by atoms with van der Waals surface area (Å²) in [6.07, 6.45) is 3.05. The molecule has 2 aromatic heterocycles. The molecule has 0 aliphatic carbocycles. The van der Waals surface area contributed by atoms with Gasteiger partial charge in [-0.25, -0.2) is 4.98 Å². The smallest absolute Gasteiger partial charge is 0.266 e. The number of fused-ring (bicyclic) bond motifs is 1. The predicted octanol–water partition coefficient (Wildman–Crippen LogP) is 3.53. The van der Waals surface area contributed by atoms with Crippen LogP contribution in [0.3, 0.4) is 0 Å². The van der Waals surface area contributed by atoms with Crippen molar-refractivity contribution < 1.29 is 4.39 Å². The Labute approximate surface area is 142 Å². The second-order valence-corrected chi connectivity index (χ2v) is 5.81. The van der Waals surface area contributed by atoms with Crippen molar-refractivity contribution in [2.24, 2.45) is 0 Å². The van der Waals surface area contributed by atoms with Crippen molar-refractivity contribution in [3.8, 4) is 11.3 Å². The van der Waals surface area contributed by atoms with Crippen LogP contribution in [-0.2, 0) is 6.54 Å². The summed E-state index contributed by atoms with van der Waals surface area (Å²) in [5.41, 5.74) is 3.55. The lowest BCUT2D eigenvalue weighted by atomic mass is 10.1. The fourth-order valence-electron chi connectivity index (χ4n) is 2.42. The summed E-state index contributed by atoms with van der Waals surface area (Å²) in [6.45, 7) is 3.86. The standard InChI is InChI=1S/C17H16ClFN4O/c1-10(2-3-19)20-7-12-4-11-5-14(18)13(6-15(11)23-12)16-8-22-17(24)9-21-16/h4-6,8-9,20,23H,1-3,7H2,(H,22,24). The van der Waals surface area contributed by atoms with Crippen LogP contribution in [-0.4, -0.2) is 21.6 Å². The summed E-state index contributed by atoms with van der Waals surface area (Å²) in [4.78, 5) is 21.1. The highest BCUT2D eigenvalue weighted by Crippen LogP contribution is 2.30.